The van der Waals surface area contributed by atoms with E-state index in [0.717, 1.165) is 43.9 Å². The van der Waals surface area contributed by atoms with Crippen molar-refractivity contribution in [3.05, 3.63) is 28.3 Å². The van der Waals surface area contributed by atoms with E-state index in [1.54, 1.807) is 0 Å². The van der Waals surface area contributed by atoms with Gasteiger partial charge in [-0.1, -0.05) is 12.8 Å². The van der Waals surface area contributed by atoms with Gasteiger partial charge in [0, 0.05) is 18.1 Å². The van der Waals surface area contributed by atoms with Crippen molar-refractivity contribution < 1.29 is 27.6 Å². The van der Waals surface area contributed by atoms with Crippen LogP contribution in [0.5, 0.6) is 5.75 Å². The molecule has 0 bridgehead atoms. The SMILES string of the molecule is O=C(Nc1cc(OCC(F)(F)F)cc([N+](=O)[O-])c1)C1CCCC1. The number of amides is 1. The van der Waals surface area contributed by atoms with Gasteiger partial charge in [0.25, 0.3) is 5.69 Å². The second-order valence-electron chi connectivity index (χ2n) is 5.35. The van der Waals surface area contributed by atoms with Crippen LogP contribution in [-0.4, -0.2) is 23.6 Å². The van der Waals surface area contributed by atoms with E-state index >= 15 is 0 Å². The molecule has 1 aromatic rings. The van der Waals surface area contributed by atoms with Gasteiger partial charge in [-0.2, -0.15) is 13.2 Å². The first kappa shape index (κ1) is 17.0. The molecule has 23 heavy (non-hydrogen) atoms. The molecule has 6 nitrogen and oxygen atoms in total. The van der Waals surface area contributed by atoms with Crippen molar-refractivity contribution in [1.82, 2.24) is 0 Å². The van der Waals surface area contributed by atoms with Crippen LogP contribution >= 0.6 is 0 Å². The second-order valence-corrected chi connectivity index (χ2v) is 5.35. The third-order valence-electron chi connectivity index (χ3n) is 3.50. The van der Waals surface area contributed by atoms with Crippen molar-refractivity contribution in [2.24, 2.45) is 5.92 Å². The number of non-ortho nitro benzene ring substituents is 1. The van der Waals surface area contributed by atoms with Gasteiger partial charge in [0.2, 0.25) is 5.91 Å². The Kier molecular flexibility index (Phi) is 5.07. The highest BCUT2D eigenvalue weighted by Crippen LogP contribution is 2.30. The Balaban J connectivity index is 2.15. The summed E-state index contributed by atoms with van der Waals surface area (Å²) in [5, 5.41) is 13.4. The molecule has 1 N–H and O–H groups in total. The Morgan fingerprint density at radius 1 is 1.30 bits per heavy atom. The molecule has 126 valence electrons. The van der Waals surface area contributed by atoms with E-state index in [1.165, 1.54) is 0 Å². The number of carbonyl (C=O) groups is 1. The van der Waals surface area contributed by atoms with E-state index in [2.05, 4.69) is 10.1 Å². The number of ether oxygens (including phenoxy) is 1. The number of nitro groups is 1. The van der Waals surface area contributed by atoms with Crippen LogP contribution in [0.4, 0.5) is 24.5 Å². The topological polar surface area (TPSA) is 81.5 Å². The predicted molar refractivity (Wildman–Crippen MR) is 75.2 cm³/mol. The Morgan fingerprint density at radius 3 is 2.52 bits per heavy atom. The third kappa shape index (κ3) is 5.11. The number of nitro benzene ring substituents is 1. The minimum atomic E-state index is -4.56. The van der Waals surface area contributed by atoms with Crippen molar-refractivity contribution in [1.29, 1.82) is 0 Å². The molecule has 0 saturated heterocycles. The van der Waals surface area contributed by atoms with Crippen LogP contribution in [0.3, 0.4) is 0 Å². The number of carbonyl (C=O) groups excluding carboxylic acids is 1. The molecule has 1 aliphatic carbocycles. The van der Waals surface area contributed by atoms with Crippen LogP contribution in [-0.2, 0) is 4.79 Å². The smallest absolute Gasteiger partial charge is 0.422 e. The van der Waals surface area contributed by atoms with E-state index in [4.69, 9.17) is 0 Å². The van der Waals surface area contributed by atoms with Crippen LogP contribution in [0, 0.1) is 16.0 Å². The van der Waals surface area contributed by atoms with Crippen LogP contribution < -0.4 is 10.1 Å². The molecule has 2 rings (SSSR count). The molecule has 1 fully saturated rings. The molecule has 0 atom stereocenters. The Bertz CT molecular complexity index is 598. The fourth-order valence-electron chi connectivity index (χ4n) is 2.44. The summed E-state index contributed by atoms with van der Waals surface area (Å²) in [4.78, 5) is 22.1. The molecule has 0 unspecified atom stereocenters. The standard InChI is InChI=1S/C14H15F3N2O4/c15-14(16,17)8-23-12-6-10(5-11(7-12)19(21)22)18-13(20)9-3-1-2-4-9/h5-7,9H,1-4,8H2,(H,18,20). The number of anilines is 1. The van der Waals surface area contributed by atoms with Gasteiger partial charge in [-0.25, -0.2) is 0 Å². The molecule has 1 amide bonds. The maximum atomic E-state index is 12.2. The van der Waals surface area contributed by atoms with Crippen molar-refractivity contribution >= 4 is 17.3 Å². The second kappa shape index (κ2) is 6.84. The summed E-state index contributed by atoms with van der Waals surface area (Å²) in [7, 11) is 0. The van der Waals surface area contributed by atoms with Crippen LogP contribution in [0.2, 0.25) is 0 Å². The molecule has 1 aromatic carbocycles. The quantitative estimate of drug-likeness (QED) is 0.659. The van der Waals surface area contributed by atoms with Gasteiger partial charge in [-0.15, -0.1) is 0 Å². The summed E-state index contributed by atoms with van der Waals surface area (Å²) in [6.07, 6.45) is -1.21. The highest BCUT2D eigenvalue weighted by molar-refractivity contribution is 5.93. The summed E-state index contributed by atoms with van der Waals surface area (Å²) in [5.74, 6) is -0.781. The van der Waals surface area contributed by atoms with Crippen LogP contribution in [0.1, 0.15) is 25.7 Å². The van der Waals surface area contributed by atoms with E-state index in [0.29, 0.717) is 0 Å². The van der Waals surface area contributed by atoms with Crippen molar-refractivity contribution in [3.8, 4) is 5.75 Å². The Morgan fingerprint density at radius 2 is 1.96 bits per heavy atom. The average molecular weight is 332 g/mol. The number of hydrogen-bond acceptors (Lipinski definition) is 4. The number of nitrogens with zero attached hydrogens (tertiary/aromatic N) is 1. The molecule has 0 heterocycles. The summed E-state index contributed by atoms with van der Waals surface area (Å²) in [5.41, 5.74) is -0.403. The molecule has 0 aromatic heterocycles. The van der Waals surface area contributed by atoms with E-state index in [-0.39, 0.29) is 23.3 Å². The lowest BCUT2D eigenvalue weighted by atomic mass is 10.1. The van der Waals surface area contributed by atoms with Gasteiger partial charge >= 0.3 is 6.18 Å². The molecule has 0 aliphatic heterocycles. The van der Waals surface area contributed by atoms with Gasteiger partial charge in [0.15, 0.2) is 6.61 Å². The normalized spacial score (nSPS) is 15.4. The molecule has 9 heteroatoms. The fourth-order valence-corrected chi connectivity index (χ4v) is 2.44. The number of nitrogens with one attached hydrogen (secondary N) is 1. The van der Waals surface area contributed by atoms with Gasteiger partial charge in [-0.3, -0.25) is 14.9 Å². The first-order chi connectivity index (χ1) is 10.7. The summed E-state index contributed by atoms with van der Waals surface area (Å²) in [6.45, 7) is -1.57. The van der Waals surface area contributed by atoms with Crippen LogP contribution in [0.15, 0.2) is 18.2 Å². The fraction of sp³-hybridized carbons (Fsp3) is 0.500. The van der Waals surface area contributed by atoms with Gasteiger partial charge in [0.05, 0.1) is 16.7 Å². The lowest BCUT2D eigenvalue weighted by molar-refractivity contribution is -0.384. The van der Waals surface area contributed by atoms with E-state index < -0.39 is 23.4 Å². The highest BCUT2D eigenvalue weighted by Gasteiger charge is 2.29. The molecule has 0 radical (unpaired) electrons. The summed E-state index contributed by atoms with van der Waals surface area (Å²) < 4.78 is 41.1. The number of benzene rings is 1. The number of halogens is 3. The zero-order chi connectivity index (χ0) is 17.0. The van der Waals surface area contributed by atoms with Crippen molar-refractivity contribution in [3.63, 3.8) is 0 Å². The number of rotatable bonds is 5. The Labute approximate surface area is 129 Å². The lowest BCUT2D eigenvalue weighted by Gasteiger charge is -2.13. The molecule has 1 saturated carbocycles. The maximum absolute atomic E-state index is 12.2. The van der Waals surface area contributed by atoms with Gasteiger partial charge in [-0.05, 0) is 12.8 Å². The first-order valence-corrected chi connectivity index (χ1v) is 7.04. The largest absolute Gasteiger partial charge is 0.484 e. The summed E-state index contributed by atoms with van der Waals surface area (Å²) in [6, 6.07) is 3.12. The molecule has 0 spiro atoms. The number of alkyl halides is 3. The zero-order valence-corrected chi connectivity index (χ0v) is 12.1. The predicted octanol–water partition coefficient (Wildman–Crippen LogP) is 3.66. The zero-order valence-electron chi connectivity index (χ0n) is 12.1. The van der Waals surface area contributed by atoms with Gasteiger partial charge < -0.3 is 10.1 Å². The molecule has 1 aliphatic rings. The van der Waals surface area contributed by atoms with E-state index in [9.17, 15) is 28.1 Å². The molecular formula is C14H15F3N2O4. The van der Waals surface area contributed by atoms with Crippen molar-refractivity contribution in [2.45, 2.75) is 31.9 Å². The highest BCUT2D eigenvalue weighted by atomic mass is 19.4. The molecular weight excluding hydrogens is 317 g/mol. The average Bonchev–Trinajstić information content (AvgIpc) is 2.98. The lowest BCUT2D eigenvalue weighted by Crippen LogP contribution is -2.21. The monoisotopic (exact) mass is 332 g/mol. The minimum Gasteiger partial charge on any atom is -0.484 e. The van der Waals surface area contributed by atoms with Gasteiger partial charge in [0.1, 0.15) is 5.75 Å². The summed E-state index contributed by atoms with van der Waals surface area (Å²) >= 11 is 0. The van der Waals surface area contributed by atoms with Crippen LogP contribution in [0.25, 0.3) is 0 Å². The van der Waals surface area contributed by atoms with Crippen molar-refractivity contribution in [2.75, 3.05) is 11.9 Å². The minimum absolute atomic E-state index is 0.0493. The maximum Gasteiger partial charge on any atom is 0.422 e. The third-order valence-corrected chi connectivity index (χ3v) is 3.50. The number of hydrogen-bond donors (Lipinski definition) is 1. The van der Waals surface area contributed by atoms with E-state index in [1.807, 2.05) is 0 Å². The Hall–Kier alpha value is -2.32. The first-order valence-electron chi connectivity index (χ1n) is 7.04.